The number of nitrogens with one attached hydrogen (secondary N) is 2. The number of benzene rings is 1. The van der Waals surface area contributed by atoms with Crippen molar-refractivity contribution in [3.8, 4) is 0 Å². The minimum absolute atomic E-state index is 0.0305. The number of halogens is 1. The molecule has 0 spiro atoms. The highest BCUT2D eigenvalue weighted by Gasteiger charge is 2.32. The van der Waals surface area contributed by atoms with Crippen LogP contribution in [0.4, 0.5) is 22.2 Å². The number of aromatic nitrogens is 2. The van der Waals surface area contributed by atoms with Crippen molar-refractivity contribution in [3.05, 3.63) is 41.0 Å². The third-order valence-corrected chi connectivity index (χ3v) is 6.67. The maximum Gasteiger partial charge on any atom is 0.330 e. The molecular formula is C20H25ClN6O3S. The minimum Gasteiger partial charge on any atom is -0.351 e. The summed E-state index contributed by atoms with van der Waals surface area (Å²) in [7, 11) is -1.51. The number of anilines is 3. The van der Waals surface area contributed by atoms with Crippen molar-refractivity contribution in [2.45, 2.75) is 44.3 Å². The third-order valence-electron chi connectivity index (χ3n) is 5.59. The largest absolute Gasteiger partial charge is 0.351 e. The minimum atomic E-state index is -3.19. The van der Waals surface area contributed by atoms with Crippen molar-refractivity contribution in [3.63, 3.8) is 0 Å². The molecule has 0 bridgehead atoms. The number of amides is 2. The Morgan fingerprint density at radius 2 is 1.81 bits per heavy atom. The van der Waals surface area contributed by atoms with Gasteiger partial charge >= 0.3 is 6.03 Å². The van der Waals surface area contributed by atoms with E-state index in [-0.39, 0.29) is 18.1 Å². The molecule has 2 aliphatic rings. The first-order chi connectivity index (χ1) is 14.7. The molecule has 1 aromatic heterocycles. The molecule has 1 saturated carbocycles. The fourth-order valence-corrected chi connectivity index (χ4v) is 5.16. The van der Waals surface area contributed by atoms with E-state index in [1.54, 1.807) is 24.2 Å². The second-order valence-electron chi connectivity index (χ2n) is 8.00. The third kappa shape index (κ3) is 4.91. The number of sulfonamides is 1. The molecule has 1 aliphatic heterocycles. The molecule has 4 rings (SSSR count). The lowest BCUT2D eigenvalue weighted by Crippen LogP contribution is -2.46. The van der Waals surface area contributed by atoms with Crippen molar-refractivity contribution >= 4 is 45.1 Å². The molecule has 0 saturated heterocycles. The monoisotopic (exact) mass is 464 g/mol. The summed E-state index contributed by atoms with van der Waals surface area (Å²) in [5.74, 6) is 1.03. The molecule has 166 valence electrons. The van der Waals surface area contributed by atoms with Gasteiger partial charge in [0.2, 0.25) is 16.0 Å². The number of hydrogen-bond donors (Lipinski definition) is 2. The predicted molar refractivity (Wildman–Crippen MR) is 121 cm³/mol. The quantitative estimate of drug-likeness (QED) is 0.704. The van der Waals surface area contributed by atoms with Crippen LogP contribution in [-0.4, -0.2) is 49.8 Å². The zero-order chi connectivity index (χ0) is 22.2. The molecule has 11 heteroatoms. The van der Waals surface area contributed by atoms with Gasteiger partial charge in [0.05, 0.1) is 23.5 Å². The summed E-state index contributed by atoms with van der Waals surface area (Å²) in [6.45, 7) is 0.338. The molecule has 9 nitrogen and oxygen atoms in total. The van der Waals surface area contributed by atoms with E-state index in [0.717, 1.165) is 31.2 Å². The van der Waals surface area contributed by atoms with E-state index >= 15 is 0 Å². The van der Waals surface area contributed by atoms with Gasteiger partial charge in [-0.3, -0.25) is 9.80 Å². The highest BCUT2D eigenvalue weighted by molar-refractivity contribution is 7.88. The average Bonchev–Trinajstić information content (AvgIpc) is 2.72. The number of rotatable bonds is 5. The van der Waals surface area contributed by atoms with Gasteiger partial charge in [0.15, 0.2) is 0 Å². The Bertz CT molecular complexity index is 1090. The summed E-state index contributed by atoms with van der Waals surface area (Å²) in [5, 5.41) is 3.84. The summed E-state index contributed by atoms with van der Waals surface area (Å²) in [6.07, 6.45) is 6.03. The standard InChI is InChI=1S/C20H25ClN6O3S/c1-26-18-13(12-27(20(26)28)17-6-4-3-5-16(17)21)11-22-19(24-18)23-14-7-9-15(10-8-14)25-31(2,29)30/h3-6,11,14-15,25H,7-10,12H2,1-2H3,(H,22,23,24)/t14-,15-. The van der Waals surface area contributed by atoms with Crippen LogP contribution in [0.2, 0.25) is 5.02 Å². The van der Waals surface area contributed by atoms with E-state index in [1.165, 1.54) is 11.2 Å². The van der Waals surface area contributed by atoms with Crippen LogP contribution in [-0.2, 0) is 16.6 Å². The number of urea groups is 1. The summed E-state index contributed by atoms with van der Waals surface area (Å²) in [6, 6.07) is 7.14. The fourth-order valence-electron chi connectivity index (χ4n) is 4.08. The Morgan fingerprint density at radius 1 is 1.13 bits per heavy atom. The van der Waals surface area contributed by atoms with Crippen molar-refractivity contribution in [1.29, 1.82) is 0 Å². The Kier molecular flexibility index (Phi) is 6.05. The molecule has 2 N–H and O–H groups in total. The van der Waals surface area contributed by atoms with Gasteiger partial charge in [-0.1, -0.05) is 23.7 Å². The van der Waals surface area contributed by atoms with Gasteiger partial charge in [0, 0.05) is 30.9 Å². The van der Waals surface area contributed by atoms with Gasteiger partial charge in [0.1, 0.15) is 5.82 Å². The molecule has 0 atom stereocenters. The number of carbonyl (C=O) groups excluding carboxylic acids is 1. The van der Waals surface area contributed by atoms with Gasteiger partial charge in [0.25, 0.3) is 0 Å². The van der Waals surface area contributed by atoms with Crippen molar-refractivity contribution in [1.82, 2.24) is 14.7 Å². The van der Waals surface area contributed by atoms with Gasteiger partial charge in [-0.05, 0) is 37.8 Å². The first-order valence-corrected chi connectivity index (χ1v) is 12.4. The number of fused-ring (bicyclic) bond motifs is 1. The molecule has 1 fully saturated rings. The van der Waals surface area contributed by atoms with E-state index < -0.39 is 10.0 Å². The molecule has 2 amide bonds. The van der Waals surface area contributed by atoms with Gasteiger partial charge in [-0.2, -0.15) is 4.98 Å². The Labute approximate surface area is 186 Å². The number of para-hydroxylation sites is 1. The smallest absolute Gasteiger partial charge is 0.330 e. The van der Waals surface area contributed by atoms with Gasteiger partial charge in [-0.15, -0.1) is 0 Å². The van der Waals surface area contributed by atoms with Crippen LogP contribution in [0, 0.1) is 0 Å². The Hall–Kier alpha value is -2.43. The van der Waals surface area contributed by atoms with Gasteiger partial charge in [-0.25, -0.2) is 22.9 Å². The summed E-state index contributed by atoms with van der Waals surface area (Å²) in [4.78, 5) is 25.1. The highest BCUT2D eigenvalue weighted by atomic mass is 35.5. The zero-order valence-electron chi connectivity index (χ0n) is 17.4. The lowest BCUT2D eigenvalue weighted by Gasteiger charge is -2.34. The molecule has 31 heavy (non-hydrogen) atoms. The summed E-state index contributed by atoms with van der Waals surface area (Å²) in [5.41, 5.74) is 1.47. The lowest BCUT2D eigenvalue weighted by molar-refractivity contribution is 0.251. The first kappa shape index (κ1) is 21.8. The number of carbonyl (C=O) groups is 1. The zero-order valence-corrected chi connectivity index (χ0v) is 18.9. The van der Waals surface area contributed by atoms with Crippen LogP contribution in [0.5, 0.6) is 0 Å². The van der Waals surface area contributed by atoms with E-state index in [4.69, 9.17) is 11.6 Å². The van der Waals surface area contributed by atoms with Crippen LogP contribution < -0.4 is 19.8 Å². The second-order valence-corrected chi connectivity index (χ2v) is 10.2. The topological polar surface area (TPSA) is 108 Å². The predicted octanol–water partition coefficient (Wildman–Crippen LogP) is 2.98. The van der Waals surface area contributed by atoms with E-state index in [0.29, 0.717) is 29.0 Å². The molecule has 1 aromatic carbocycles. The second kappa shape index (κ2) is 8.60. The van der Waals surface area contributed by atoms with Gasteiger partial charge < -0.3 is 5.32 Å². The Balaban J connectivity index is 1.45. The SMILES string of the molecule is CN1C(=O)N(c2ccccc2Cl)Cc2cnc(N[C@H]3CC[C@H](NS(C)(=O)=O)CC3)nc21. The van der Waals surface area contributed by atoms with Crippen LogP contribution in [0.25, 0.3) is 0 Å². The van der Waals surface area contributed by atoms with Crippen LogP contribution >= 0.6 is 11.6 Å². The van der Waals surface area contributed by atoms with Crippen LogP contribution in [0.1, 0.15) is 31.2 Å². The van der Waals surface area contributed by atoms with Crippen molar-refractivity contribution < 1.29 is 13.2 Å². The molecule has 2 aromatic rings. The highest BCUT2D eigenvalue weighted by Crippen LogP contribution is 2.33. The fraction of sp³-hybridized carbons (Fsp3) is 0.450. The summed E-state index contributed by atoms with van der Waals surface area (Å²) >= 11 is 6.29. The van der Waals surface area contributed by atoms with Crippen LogP contribution in [0.15, 0.2) is 30.5 Å². The number of hydrogen-bond acceptors (Lipinski definition) is 6. The molecule has 1 aliphatic carbocycles. The van der Waals surface area contributed by atoms with E-state index in [9.17, 15) is 13.2 Å². The summed E-state index contributed by atoms with van der Waals surface area (Å²) < 4.78 is 25.5. The lowest BCUT2D eigenvalue weighted by atomic mass is 9.92. The van der Waals surface area contributed by atoms with E-state index in [2.05, 4.69) is 20.0 Å². The van der Waals surface area contributed by atoms with Crippen molar-refractivity contribution in [2.24, 2.45) is 0 Å². The van der Waals surface area contributed by atoms with E-state index in [1.807, 2.05) is 18.2 Å². The molecule has 0 unspecified atom stereocenters. The average molecular weight is 465 g/mol. The number of nitrogens with zero attached hydrogens (tertiary/aromatic N) is 4. The molecule has 2 heterocycles. The molecule has 0 radical (unpaired) electrons. The van der Waals surface area contributed by atoms with Crippen LogP contribution in [0.3, 0.4) is 0 Å². The Morgan fingerprint density at radius 3 is 2.48 bits per heavy atom. The maximum atomic E-state index is 12.9. The normalized spacial score (nSPS) is 21.7. The van der Waals surface area contributed by atoms with Crippen molar-refractivity contribution in [2.75, 3.05) is 28.4 Å². The first-order valence-electron chi connectivity index (χ1n) is 10.1. The molecular weight excluding hydrogens is 440 g/mol. The maximum absolute atomic E-state index is 12.9.